The molecule has 1 aliphatic heterocycles. The number of sulfonamides is 1. The molecule has 28 heavy (non-hydrogen) atoms. The smallest absolute Gasteiger partial charge is 0.272 e. The second kappa shape index (κ2) is 8.41. The van der Waals surface area contributed by atoms with Gasteiger partial charge in [-0.3, -0.25) is 4.79 Å². The Morgan fingerprint density at radius 1 is 1.07 bits per heavy atom. The molecule has 2 aromatic rings. The zero-order valence-corrected chi connectivity index (χ0v) is 17.4. The number of amides is 1. The molecule has 0 saturated carbocycles. The number of benzene rings is 1. The van der Waals surface area contributed by atoms with Crippen molar-refractivity contribution < 1.29 is 13.2 Å². The molecule has 1 aromatic heterocycles. The topological polar surface area (TPSA) is 70.6 Å². The minimum Gasteiger partial charge on any atom is -0.335 e. The van der Waals surface area contributed by atoms with Crippen LogP contribution >= 0.6 is 0 Å². The van der Waals surface area contributed by atoms with Crippen LogP contribution in [0.25, 0.3) is 0 Å². The lowest BCUT2D eigenvalue weighted by Crippen LogP contribution is -2.50. The van der Waals surface area contributed by atoms with Crippen LogP contribution in [0.2, 0.25) is 0 Å². The molecular weight excluding hydrogens is 374 g/mol. The van der Waals surface area contributed by atoms with Crippen LogP contribution < -0.4 is 0 Å². The molecule has 0 unspecified atom stereocenters. The molecule has 7 heteroatoms. The number of aryl methyl sites for hydroxylation is 1. The Labute approximate surface area is 167 Å². The van der Waals surface area contributed by atoms with Crippen molar-refractivity contribution in [3.05, 3.63) is 59.4 Å². The summed E-state index contributed by atoms with van der Waals surface area (Å²) in [4.78, 5) is 18.8. The van der Waals surface area contributed by atoms with Crippen molar-refractivity contribution >= 4 is 15.9 Å². The number of hydrogen-bond acceptors (Lipinski definition) is 4. The van der Waals surface area contributed by atoms with E-state index in [1.54, 1.807) is 29.2 Å². The zero-order chi connectivity index (χ0) is 20.3. The summed E-state index contributed by atoms with van der Waals surface area (Å²) in [7, 11) is -3.55. The van der Waals surface area contributed by atoms with E-state index in [0.717, 1.165) is 17.7 Å². The third-order valence-electron chi connectivity index (χ3n) is 5.33. The molecule has 0 radical (unpaired) electrons. The Hall–Kier alpha value is -2.25. The average Bonchev–Trinajstić information content (AvgIpc) is 2.72. The van der Waals surface area contributed by atoms with Crippen LogP contribution in [0, 0.1) is 6.92 Å². The molecule has 1 aromatic carbocycles. The van der Waals surface area contributed by atoms with Gasteiger partial charge in [0, 0.05) is 31.9 Å². The molecule has 6 nitrogen and oxygen atoms in total. The summed E-state index contributed by atoms with van der Waals surface area (Å²) in [5, 5.41) is 0. The number of pyridine rings is 1. The Morgan fingerprint density at radius 3 is 2.29 bits per heavy atom. The van der Waals surface area contributed by atoms with Gasteiger partial charge in [0.1, 0.15) is 5.69 Å². The van der Waals surface area contributed by atoms with E-state index in [4.69, 9.17) is 0 Å². The van der Waals surface area contributed by atoms with Crippen LogP contribution in [0.4, 0.5) is 0 Å². The Kier molecular flexibility index (Phi) is 6.15. The van der Waals surface area contributed by atoms with Gasteiger partial charge in [0.2, 0.25) is 10.0 Å². The fourth-order valence-electron chi connectivity index (χ4n) is 3.31. The number of piperazine rings is 1. The van der Waals surface area contributed by atoms with Gasteiger partial charge >= 0.3 is 0 Å². The summed E-state index contributed by atoms with van der Waals surface area (Å²) < 4.78 is 27.3. The van der Waals surface area contributed by atoms with Gasteiger partial charge in [0.15, 0.2) is 0 Å². The first-order valence-corrected chi connectivity index (χ1v) is 11.1. The summed E-state index contributed by atoms with van der Waals surface area (Å²) >= 11 is 0. The maximum absolute atomic E-state index is 12.9. The standard InChI is InChI=1S/C21H27N3O3S/c1-4-16(2)18-8-10-19(11-9-18)28(26,27)24-14-12-23(13-15-24)21(25)20-7-5-6-17(3)22-20/h5-11,16H,4,12-15H2,1-3H3/t16-/m0/s1. The Morgan fingerprint density at radius 2 is 1.71 bits per heavy atom. The van der Waals surface area contributed by atoms with Crippen LogP contribution in [0.3, 0.4) is 0 Å². The van der Waals surface area contributed by atoms with E-state index in [1.165, 1.54) is 4.31 Å². The van der Waals surface area contributed by atoms with Crippen molar-refractivity contribution in [2.75, 3.05) is 26.2 Å². The normalized spacial score (nSPS) is 16.8. The largest absolute Gasteiger partial charge is 0.335 e. The van der Waals surface area contributed by atoms with Gasteiger partial charge in [-0.2, -0.15) is 4.31 Å². The summed E-state index contributed by atoms with van der Waals surface area (Å²) in [5.74, 6) is 0.250. The summed E-state index contributed by atoms with van der Waals surface area (Å²) in [6.07, 6.45) is 1.01. The van der Waals surface area contributed by atoms with Crippen molar-refractivity contribution in [3.8, 4) is 0 Å². The summed E-state index contributed by atoms with van der Waals surface area (Å²) in [6.45, 7) is 7.37. The second-order valence-electron chi connectivity index (χ2n) is 7.24. The maximum Gasteiger partial charge on any atom is 0.272 e. The third kappa shape index (κ3) is 4.25. The lowest BCUT2D eigenvalue weighted by molar-refractivity contribution is 0.0691. The number of nitrogens with zero attached hydrogens (tertiary/aromatic N) is 3. The van der Waals surface area contributed by atoms with Crippen LogP contribution in [-0.4, -0.2) is 54.7 Å². The number of rotatable bonds is 5. The van der Waals surface area contributed by atoms with E-state index in [-0.39, 0.29) is 19.0 Å². The lowest BCUT2D eigenvalue weighted by atomic mass is 9.99. The van der Waals surface area contributed by atoms with Gasteiger partial charge in [0.25, 0.3) is 5.91 Å². The predicted octanol–water partition coefficient (Wildman–Crippen LogP) is 3.05. The van der Waals surface area contributed by atoms with Gasteiger partial charge in [0.05, 0.1) is 4.90 Å². The molecule has 0 bridgehead atoms. The van der Waals surface area contributed by atoms with E-state index in [2.05, 4.69) is 18.8 Å². The van der Waals surface area contributed by atoms with Gasteiger partial charge in [-0.05, 0) is 49.1 Å². The van der Waals surface area contributed by atoms with Crippen molar-refractivity contribution in [2.24, 2.45) is 0 Å². The van der Waals surface area contributed by atoms with Crippen molar-refractivity contribution in [3.63, 3.8) is 0 Å². The third-order valence-corrected chi connectivity index (χ3v) is 7.25. The maximum atomic E-state index is 12.9. The molecule has 150 valence electrons. The first-order chi connectivity index (χ1) is 13.3. The van der Waals surface area contributed by atoms with E-state index in [0.29, 0.717) is 29.6 Å². The molecule has 2 heterocycles. The number of aromatic nitrogens is 1. The molecular formula is C21H27N3O3S. The fourth-order valence-corrected chi connectivity index (χ4v) is 4.73. The highest BCUT2D eigenvalue weighted by atomic mass is 32.2. The van der Waals surface area contributed by atoms with E-state index in [9.17, 15) is 13.2 Å². The van der Waals surface area contributed by atoms with E-state index < -0.39 is 10.0 Å². The van der Waals surface area contributed by atoms with Gasteiger partial charge in [-0.25, -0.2) is 13.4 Å². The monoisotopic (exact) mass is 401 g/mol. The van der Waals surface area contributed by atoms with Crippen molar-refractivity contribution in [1.82, 2.24) is 14.2 Å². The van der Waals surface area contributed by atoms with E-state index >= 15 is 0 Å². The SMILES string of the molecule is CC[C@H](C)c1ccc(S(=O)(=O)N2CCN(C(=O)c3cccc(C)n3)CC2)cc1. The van der Waals surface area contributed by atoms with Crippen LogP contribution in [0.1, 0.15) is 47.9 Å². The predicted molar refractivity (Wildman–Crippen MR) is 109 cm³/mol. The van der Waals surface area contributed by atoms with Crippen LogP contribution in [-0.2, 0) is 10.0 Å². The number of carbonyl (C=O) groups is 1. The van der Waals surface area contributed by atoms with Crippen molar-refractivity contribution in [2.45, 2.75) is 38.0 Å². The minimum absolute atomic E-state index is 0.154. The Bertz CT molecular complexity index is 934. The fraction of sp³-hybridized carbons (Fsp3) is 0.429. The molecule has 3 rings (SSSR count). The molecule has 0 N–H and O–H groups in total. The molecule has 0 aliphatic carbocycles. The van der Waals surface area contributed by atoms with Gasteiger partial charge in [-0.1, -0.05) is 32.0 Å². The minimum atomic E-state index is -3.55. The van der Waals surface area contributed by atoms with Crippen LogP contribution in [0.15, 0.2) is 47.4 Å². The van der Waals surface area contributed by atoms with E-state index in [1.807, 2.05) is 25.1 Å². The molecule has 1 aliphatic rings. The lowest BCUT2D eigenvalue weighted by Gasteiger charge is -2.33. The Balaban J connectivity index is 1.67. The number of carbonyl (C=O) groups excluding carboxylic acids is 1. The van der Waals surface area contributed by atoms with Gasteiger partial charge in [-0.15, -0.1) is 0 Å². The average molecular weight is 402 g/mol. The summed E-state index contributed by atoms with van der Waals surface area (Å²) in [6, 6.07) is 12.5. The first-order valence-electron chi connectivity index (χ1n) is 9.66. The molecule has 1 atom stereocenters. The number of hydrogen-bond donors (Lipinski definition) is 0. The molecule has 1 fully saturated rings. The van der Waals surface area contributed by atoms with Gasteiger partial charge < -0.3 is 4.90 Å². The first kappa shape index (κ1) is 20.5. The highest BCUT2D eigenvalue weighted by molar-refractivity contribution is 7.89. The highest BCUT2D eigenvalue weighted by Crippen LogP contribution is 2.23. The molecule has 1 saturated heterocycles. The van der Waals surface area contributed by atoms with Crippen molar-refractivity contribution in [1.29, 1.82) is 0 Å². The quantitative estimate of drug-likeness (QED) is 0.772. The van der Waals surface area contributed by atoms with Crippen LogP contribution in [0.5, 0.6) is 0 Å². The highest BCUT2D eigenvalue weighted by Gasteiger charge is 2.30. The zero-order valence-electron chi connectivity index (χ0n) is 16.6. The molecule has 0 spiro atoms. The second-order valence-corrected chi connectivity index (χ2v) is 9.18. The summed E-state index contributed by atoms with van der Waals surface area (Å²) in [5.41, 5.74) is 2.33. The molecule has 1 amide bonds.